The molecule has 1 aromatic carbocycles. The van der Waals surface area contributed by atoms with Gasteiger partial charge in [0, 0.05) is 35.2 Å². The van der Waals surface area contributed by atoms with Gasteiger partial charge in [0.05, 0.1) is 18.0 Å². The zero-order valence-corrected chi connectivity index (χ0v) is 18.5. The van der Waals surface area contributed by atoms with Crippen LogP contribution in [0.1, 0.15) is 18.3 Å². The predicted molar refractivity (Wildman–Crippen MR) is 124 cm³/mol. The summed E-state index contributed by atoms with van der Waals surface area (Å²) in [6.07, 6.45) is 6.64. The molecule has 3 aromatic rings. The first-order valence-electron chi connectivity index (χ1n) is 9.49. The molecular weight excluding hydrogens is 434 g/mol. The van der Waals surface area contributed by atoms with E-state index >= 15 is 0 Å². The Labute approximate surface area is 189 Å². The molecule has 2 aromatic heterocycles. The number of thioether (sulfide) groups is 1. The van der Waals surface area contributed by atoms with Gasteiger partial charge in [-0.3, -0.25) is 9.78 Å². The number of hydrogen-bond acceptors (Lipinski definition) is 7. The molecule has 0 spiro atoms. The Kier molecular flexibility index (Phi) is 8.19. The zero-order chi connectivity index (χ0) is 22.1. The number of benzene rings is 1. The van der Waals surface area contributed by atoms with Gasteiger partial charge in [0.1, 0.15) is 0 Å². The summed E-state index contributed by atoms with van der Waals surface area (Å²) in [6, 6.07) is 11.1. The lowest BCUT2D eigenvalue weighted by Gasteiger charge is -2.12. The van der Waals surface area contributed by atoms with Crippen molar-refractivity contribution >= 4 is 41.2 Å². The molecular formula is C21H22ClN7OS. The topological polar surface area (TPSA) is 97.1 Å². The predicted octanol–water partition coefficient (Wildman–Crippen LogP) is 3.76. The van der Waals surface area contributed by atoms with Crippen molar-refractivity contribution < 1.29 is 4.79 Å². The minimum Gasteiger partial charge on any atom is -0.378 e. The van der Waals surface area contributed by atoms with Gasteiger partial charge >= 0.3 is 0 Å². The van der Waals surface area contributed by atoms with Gasteiger partial charge in [0.15, 0.2) is 11.0 Å². The lowest BCUT2D eigenvalue weighted by atomic mass is 10.3. The van der Waals surface area contributed by atoms with Crippen LogP contribution in [0.5, 0.6) is 0 Å². The molecule has 0 aliphatic rings. The fourth-order valence-corrected chi connectivity index (χ4v) is 3.52. The maximum Gasteiger partial charge on any atom is 0.253 e. The minimum absolute atomic E-state index is 0.237. The van der Waals surface area contributed by atoms with Gasteiger partial charge < -0.3 is 9.88 Å². The molecule has 0 aliphatic carbocycles. The Balaban J connectivity index is 1.60. The van der Waals surface area contributed by atoms with Crippen LogP contribution >= 0.6 is 23.4 Å². The Morgan fingerprint density at radius 2 is 2.13 bits per heavy atom. The molecule has 0 bridgehead atoms. The molecule has 3 rings (SSSR count). The molecule has 10 heteroatoms. The number of aromatic nitrogens is 4. The number of nitrogens with zero attached hydrogens (tertiary/aromatic N) is 5. The monoisotopic (exact) mass is 455 g/mol. The van der Waals surface area contributed by atoms with Crippen molar-refractivity contribution in [2.24, 2.45) is 5.10 Å². The van der Waals surface area contributed by atoms with Crippen molar-refractivity contribution in [3.05, 3.63) is 77.9 Å². The van der Waals surface area contributed by atoms with E-state index in [1.54, 1.807) is 37.7 Å². The summed E-state index contributed by atoms with van der Waals surface area (Å²) in [5.74, 6) is 0.499. The number of allylic oxidation sites excluding steroid dienone is 1. The third-order valence-corrected chi connectivity index (χ3v) is 5.46. The molecule has 0 radical (unpaired) electrons. The van der Waals surface area contributed by atoms with Crippen LogP contribution in [-0.4, -0.2) is 37.1 Å². The number of pyridine rings is 1. The number of halogens is 1. The van der Waals surface area contributed by atoms with Crippen molar-refractivity contribution in [2.75, 3.05) is 5.32 Å². The normalized spacial score (nSPS) is 11.9. The average molecular weight is 456 g/mol. The molecule has 1 unspecified atom stereocenters. The van der Waals surface area contributed by atoms with Crippen molar-refractivity contribution in [2.45, 2.75) is 30.4 Å². The first-order chi connectivity index (χ1) is 15.1. The first kappa shape index (κ1) is 22.5. The lowest BCUT2D eigenvalue weighted by molar-refractivity contribution is -0.120. The van der Waals surface area contributed by atoms with Crippen LogP contribution in [0, 0.1) is 0 Å². The summed E-state index contributed by atoms with van der Waals surface area (Å²) in [6.45, 7) is 6.59. The van der Waals surface area contributed by atoms with E-state index in [-0.39, 0.29) is 5.91 Å². The summed E-state index contributed by atoms with van der Waals surface area (Å²) in [5.41, 5.74) is 4.26. The van der Waals surface area contributed by atoms with Gasteiger partial charge in [-0.15, -0.1) is 16.8 Å². The average Bonchev–Trinajstić information content (AvgIpc) is 3.15. The number of hydrazone groups is 1. The summed E-state index contributed by atoms with van der Waals surface area (Å²) >= 11 is 7.23. The van der Waals surface area contributed by atoms with Crippen LogP contribution < -0.4 is 10.7 Å². The molecule has 2 heterocycles. The second-order valence-corrected chi connectivity index (χ2v) is 8.18. The highest BCUT2D eigenvalue weighted by Crippen LogP contribution is 2.23. The second-order valence-electron chi connectivity index (χ2n) is 6.44. The number of nitrogens with one attached hydrogen (secondary N) is 2. The van der Waals surface area contributed by atoms with E-state index in [1.165, 1.54) is 11.8 Å². The number of carbonyl (C=O) groups is 1. The fraction of sp³-hybridized carbons (Fsp3) is 0.190. The molecule has 0 saturated carbocycles. The summed E-state index contributed by atoms with van der Waals surface area (Å²) in [5, 5.41) is 16.7. The number of hydrogen-bond donors (Lipinski definition) is 2. The quantitative estimate of drug-likeness (QED) is 0.209. The Morgan fingerprint density at radius 1 is 1.32 bits per heavy atom. The van der Waals surface area contributed by atoms with Crippen LogP contribution in [0.3, 0.4) is 0 Å². The highest BCUT2D eigenvalue weighted by Gasteiger charge is 2.19. The van der Waals surface area contributed by atoms with E-state index in [1.807, 2.05) is 34.9 Å². The second kappa shape index (κ2) is 11.3. The van der Waals surface area contributed by atoms with Gasteiger partial charge in [-0.05, 0) is 37.3 Å². The third kappa shape index (κ3) is 6.66. The number of carbonyl (C=O) groups excluding carboxylic acids is 1. The molecule has 8 nitrogen and oxygen atoms in total. The van der Waals surface area contributed by atoms with Crippen molar-refractivity contribution in [1.82, 2.24) is 25.2 Å². The van der Waals surface area contributed by atoms with Crippen LogP contribution in [0.25, 0.3) is 0 Å². The largest absolute Gasteiger partial charge is 0.378 e. The van der Waals surface area contributed by atoms with E-state index in [9.17, 15) is 4.79 Å². The molecule has 31 heavy (non-hydrogen) atoms. The molecule has 1 atom stereocenters. The highest BCUT2D eigenvalue weighted by molar-refractivity contribution is 8.00. The number of amides is 1. The van der Waals surface area contributed by atoms with Crippen molar-refractivity contribution in [1.29, 1.82) is 0 Å². The maximum absolute atomic E-state index is 12.4. The maximum atomic E-state index is 12.4. The zero-order valence-electron chi connectivity index (χ0n) is 16.9. The van der Waals surface area contributed by atoms with Gasteiger partial charge in [-0.25, -0.2) is 5.43 Å². The third-order valence-electron chi connectivity index (χ3n) is 4.12. The van der Waals surface area contributed by atoms with Gasteiger partial charge in [-0.2, -0.15) is 5.10 Å². The Morgan fingerprint density at radius 3 is 2.84 bits per heavy atom. The van der Waals surface area contributed by atoms with E-state index in [0.717, 1.165) is 17.1 Å². The number of rotatable bonds is 10. The SMILES string of the molecule is C=CCn1c(CNc2ccc(Cl)cc2)nnc1SC(C)C(=O)NN=Cc1cccnc1. The summed E-state index contributed by atoms with van der Waals surface area (Å²) in [4.78, 5) is 16.4. The Bertz CT molecular complexity index is 1040. The molecule has 0 aliphatic heterocycles. The van der Waals surface area contributed by atoms with Crippen molar-refractivity contribution in [3.8, 4) is 0 Å². The van der Waals surface area contributed by atoms with Gasteiger partial charge in [0.25, 0.3) is 5.91 Å². The highest BCUT2D eigenvalue weighted by atomic mass is 35.5. The van der Waals surface area contributed by atoms with Crippen LogP contribution in [0.15, 0.2) is 71.7 Å². The number of anilines is 1. The lowest BCUT2D eigenvalue weighted by Crippen LogP contribution is -2.27. The molecule has 2 N–H and O–H groups in total. The van der Waals surface area contributed by atoms with Crippen LogP contribution in [0.4, 0.5) is 5.69 Å². The summed E-state index contributed by atoms with van der Waals surface area (Å²) in [7, 11) is 0. The van der Waals surface area contributed by atoms with E-state index in [4.69, 9.17) is 11.6 Å². The molecule has 0 saturated heterocycles. The summed E-state index contributed by atoms with van der Waals surface area (Å²) < 4.78 is 1.92. The first-order valence-corrected chi connectivity index (χ1v) is 10.7. The van der Waals surface area contributed by atoms with Crippen LogP contribution in [0.2, 0.25) is 5.02 Å². The molecule has 1 amide bonds. The van der Waals surface area contributed by atoms with E-state index in [0.29, 0.717) is 23.3 Å². The smallest absolute Gasteiger partial charge is 0.253 e. The molecule has 0 fully saturated rings. The Hall–Kier alpha value is -3.17. The minimum atomic E-state index is -0.420. The standard InChI is InChI=1S/C21H22ClN7OS/c1-3-11-29-19(14-24-18-8-6-17(22)7-9-18)26-28-21(29)31-15(2)20(30)27-25-13-16-5-4-10-23-12-16/h3-10,12-13,15,24H,1,11,14H2,2H3,(H,27,30). The van der Waals surface area contributed by atoms with Gasteiger partial charge in [0.2, 0.25) is 0 Å². The van der Waals surface area contributed by atoms with E-state index in [2.05, 4.69) is 37.6 Å². The van der Waals surface area contributed by atoms with E-state index < -0.39 is 5.25 Å². The fourth-order valence-electron chi connectivity index (χ4n) is 2.52. The van der Waals surface area contributed by atoms with Crippen LogP contribution in [-0.2, 0) is 17.9 Å². The molecule has 160 valence electrons. The van der Waals surface area contributed by atoms with Gasteiger partial charge in [-0.1, -0.05) is 35.5 Å². The van der Waals surface area contributed by atoms with Crippen molar-refractivity contribution in [3.63, 3.8) is 0 Å².